The van der Waals surface area contributed by atoms with Gasteiger partial charge in [-0.3, -0.25) is 9.59 Å². The van der Waals surface area contributed by atoms with E-state index in [2.05, 4.69) is 5.32 Å². The summed E-state index contributed by atoms with van der Waals surface area (Å²) in [5.74, 6) is -0.397. The number of anilines is 1. The fourth-order valence-electron chi connectivity index (χ4n) is 3.37. The monoisotopic (exact) mass is 371 g/mol. The molecule has 1 aromatic carbocycles. The molecule has 132 valence electrons. The van der Waals surface area contributed by atoms with E-state index in [1.807, 2.05) is 18.2 Å². The van der Waals surface area contributed by atoms with Crippen molar-refractivity contribution in [2.75, 3.05) is 11.4 Å². The Labute approximate surface area is 153 Å². The summed E-state index contributed by atoms with van der Waals surface area (Å²) in [5, 5.41) is 3.61. The first kappa shape index (κ1) is 19.0. The van der Waals surface area contributed by atoms with Gasteiger partial charge in [-0.25, -0.2) is 0 Å². The number of hydrogen-bond acceptors (Lipinski definition) is 3. The molecule has 2 aliphatic rings. The van der Waals surface area contributed by atoms with Crippen molar-refractivity contribution in [3.05, 3.63) is 29.3 Å². The average Bonchev–Trinajstić information content (AvgIpc) is 2.92. The van der Waals surface area contributed by atoms with E-state index in [0.29, 0.717) is 17.3 Å². The topological polar surface area (TPSA) is 75.4 Å². The molecule has 1 aliphatic heterocycles. The Morgan fingerprint density at radius 2 is 1.88 bits per heavy atom. The summed E-state index contributed by atoms with van der Waals surface area (Å²) in [6.45, 7) is 0.390. The Morgan fingerprint density at radius 3 is 2.54 bits per heavy atom. The van der Waals surface area contributed by atoms with Crippen LogP contribution < -0.4 is 16.0 Å². The van der Waals surface area contributed by atoms with Crippen molar-refractivity contribution >= 4 is 41.5 Å². The predicted octanol–water partition coefficient (Wildman–Crippen LogP) is 2.50. The normalized spacial score (nSPS) is 26.8. The number of carbonyl (C=O) groups excluding carboxylic acids is 2. The van der Waals surface area contributed by atoms with Crippen molar-refractivity contribution in [2.45, 2.75) is 44.2 Å². The third-order valence-corrected chi connectivity index (χ3v) is 5.08. The zero-order valence-electron chi connectivity index (χ0n) is 13.4. The summed E-state index contributed by atoms with van der Waals surface area (Å²) in [5.41, 5.74) is 6.57. The van der Waals surface area contributed by atoms with E-state index in [0.717, 1.165) is 25.7 Å². The first-order valence-electron chi connectivity index (χ1n) is 8.15. The molecule has 3 rings (SSSR count). The largest absolute Gasteiger partial charge is 0.353 e. The SMILES string of the molecule is Cl.NC1CCC(NC(=O)C2CC(=O)N(c3ccccc3Cl)C2)CC1. The van der Waals surface area contributed by atoms with Crippen LogP contribution in [0.5, 0.6) is 0 Å². The lowest BCUT2D eigenvalue weighted by molar-refractivity contribution is -0.127. The highest BCUT2D eigenvalue weighted by atomic mass is 35.5. The van der Waals surface area contributed by atoms with E-state index in [9.17, 15) is 9.59 Å². The van der Waals surface area contributed by atoms with Crippen LogP contribution in [0.2, 0.25) is 5.02 Å². The maximum absolute atomic E-state index is 12.4. The number of nitrogens with one attached hydrogen (secondary N) is 1. The number of nitrogens with two attached hydrogens (primary N) is 1. The van der Waals surface area contributed by atoms with Gasteiger partial charge in [0.1, 0.15) is 0 Å². The molecule has 0 bridgehead atoms. The smallest absolute Gasteiger partial charge is 0.227 e. The molecule has 2 amide bonds. The number of rotatable bonds is 3. The van der Waals surface area contributed by atoms with Crippen molar-refractivity contribution < 1.29 is 9.59 Å². The minimum atomic E-state index is -0.311. The van der Waals surface area contributed by atoms with Crippen molar-refractivity contribution in [2.24, 2.45) is 11.7 Å². The molecule has 5 nitrogen and oxygen atoms in total. The maximum Gasteiger partial charge on any atom is 0.227 e. The Balaban J connectivity index is 0.00000208. The Morgan fingerprint density at radius 1 is 1.21 bits per heavy atom. The zero-order valence-corrected chi connectivity index (χ0v) is 15.0. The standard InChI is InChI=1S/C17H22ClN3O2.ClH/c18-14-3-1-2-4-15(14)21-10-11(9-16(21)22)17(23)20-13-7-5-12(19)6-8-13;/h1-4,11-13H,5-10,19H2,(H,20,23);1H. The summed E-state index contributed by atoms with van der Waals surface area (Å²) in [6.07, 6.45) is 3.97. The summed E-state index contributed by atoms with van der Waals surface area (Å²) >= 11 is 6.16. The molecule has 0 aromatic heterocycles. The molecule has 24 heavy (non-hydrogen) atoms. The van der Waals surface area contributed by atoms with Crippen LogP contribution in [0.15, 0.2) is 24.3 Å². The molecule has 1 saturated heterocycles. The third-order valence-electron chi connectivity index (χ3n) is 4.76. The molecule has 1 aromatic rings. The summed E-state index contributed by atoms with van der Waals surface area (Å²) < 4.78 is 0. The molecule has 1 atom stereocenters. The van der Waals surface area contributed by atoms with Gasteiger partial charge >= 0.3 is 0 Å². The van der Waals surface area contributed by atoms with Gasteiger partial charge in [0.05, 0.1) is 16.6 Å². The van der Waals surface area contributed by atoms with Gasteiger partial charge in [0.2, 0.25) is 11.8 Å². The predicted molar refractivity (Wildman–Crippen MR) is 97.5 cm³/mol. The molecule has 1 unspecified atom stereocenters. The fraction of sp³-hybridized carbons (Fsp3) is 0.529. The molecule has 1 saturated carbocycles. The van der Waals surface area contributed by atoms with Crippen molar-refractivity contribution in [3.63, 3.8) is 0 Å². The highest BCUT2D eigenvalue weighted by Crippen LogP contribution is 2.31. The van der Waals surface area contributed by atoms with E-state index >= 15 is 0 Å². The third kappa shape index (κ3) is 4.21. The zero-order chi connectivity index (χ0) is 16.4. The number of para-hydroxylation sites is 1. The molecule has 0 radical (unpaired) electrons. The summed E-state index contributed by atoms with van der Waals surface area (Å²) in [4.78, 5) is 26.3. The van der Waals surface area contributed by atoms with Crippen LogP contribution in [0.1, 0.15) is 32.1 Å². The van der Waals surface area contributed by atoms with Gasteiger partial charge in [0, 0.05) is 25.0 Å². The number of hydrogen-bond donors (Lipinski definition) is 2. The van der Waals surface area contributed by atoms with Crippen LogP contribution in [0.3, 0.4) is 0 Å². The highest BCUT2D eigenvalue weighted by molar-refractivity contribution is 6.33. The second kappa shape index (κ2) is 8.19. The van der Waals surface area contributed by atoms with Crippen LogP contribution >= 0.6 is 24.0 Å². The molecular formula is C17H23Cl2N3O2. The molecule has 0 spiro atoms. The van der Waals surface area contributed by atoms with Crippen molar-refractivity contribution in [3.8, 4) is 0 Å². The first-order chi connectivity index (χ1) is 11.0. The quantitative estimate of drug-likeness (QED) is 0.856. The summed E-state index contributed by atoms with van der Waals surface area (Å²) in [7, 11) is 0. The van der Waals surface area contributed by atoms with E-state index in [1.165, 1.54) is 0 Å². The van der Waals surface area contributed by atoms with E-state index in [4.69, 9.17) is 17.3 Å². The maximum atomic E-state index is 12.4. The van der Waals surface area contributed by atoms with Gasteiger partial charge in [0.15, 0.2) is 0 Å². The first-order valence-corrected chi connectivity index (χ1v) is 8.53. The van der Waals surface area contributed by atoms with E-state index in [1.54, 1.807) is 11.0 Å². The number of amides is 2. The van der Waals surface area contributed by atoms with Gasteiger partial charge < -0.3 is 16.0 Å². The lowest BCUT2D eigenvalue weighted by Gasteiger charge is -2.27. The summed E-state index contributed by atoms with van der Waals surface area (Å²) in [6, 6.07) is 7.67. The van der Waals surface area contributed by atoms with Gasteiger partial charge in [-0.15, -0.1) is 12.4 Å². The van der Waals surface area contributed by atoms with Crippen LogP contribution in [-0.2, 0) is 9.59 Å². The van der Waals surface area contributed by atoms with Gasteiger partial charge in [0.25, 0.3) is 0 Å². The van der Waals surface area contributed by atoms with E-state index in [-0.39, 0.29) is 48.6 Å². The van der Waals surface area contributed by atoms with Gasteiger partial charge in [-0.1, -0.05) is 23.7 Å². The Hall–Kier alpha value is -1.30. The number of benzene rings is 1. The minimum absolute atomic E-state index is 0. The van der Waals surface area contributed by atoms with Gasteiger partial charge in [-0.2, -0.15) is 0 Å². The van der Waals surface area contributed by atoms with Crippen LogP contribution in [0.4, 0.5) is 5.69 Å². The van der Waals surface area contributed by atoms with Crippen LogP contribution in [-0.4, -0.2) is 30.4 Å². The Kier molecular flexibility index (Phi) is 6.49. The lowest BCUT2D eigenvalue weighted by Crippen LogP contribution is -2.43. The molecule has 7 heteroatoms. The van der Waals surface area contributed by atoms with Crippen molar-refractivity contribution in [1.29, 1.82) is 0 Å². The second-order valence-electron chi connectivity index (χ2n) is 6.48. The molecule has 3 N–H and O–H groups in total. The molecule has 1 aliphatic carbocycles. The van der Waals surface area contributed by atoms with Crippen molar-refractivity contribution in [1.82, 2.24) is 5.32 Å². The van der Waals surface area contributed by atoms with Crippen LogP contribution in [0, 0.1) is 5.92 Å². The number of nitrogens with zero attached hydrogens (tertiary/aromatic N) is 1. The molecular weight excluding hydrogens is 349 g/mol. The minimum Gasteiger partial charge on any atom is -0.353 e. The second-order valence-corrected chi connectivity index (χ2v) is 6.88. The molecule has 1 heterocycles. The van der Waals surface area contributed by atoms with Gasteiger partial charge in [-0.05, 0) is 37.8 Å². The van der Waals surface area contributed by atoms with Crippen LogP contribution in [0.25, 0.3) is 0 Å². The average molecular weight is 372 g/mol. The number of carbonyl (C=O) groups is 2. The Bertz CT molecular complexity index is 603. The molecule has 2 fully saturated rings. The van der Waals surface area contributed by atoms with E-state index < -0.39 is 0 Å². The highest BCUT2D eigenvalue weighted by Gasteiger charge is 2.36. The number of halogens is 2. The fourth-order valence-corrected chi connectivity index (χ4v) is 3.61. The lowest BCUT2D eigenvalue weighted by atomic mass is 9.91.